The van der Waals surface area contributed by atoms with Crippen LogP contribution in [0.1, 0.15) is 16.7 Å². The lowest BCUT2D eigenvalue weighted by atomic mass is 9.76. The fraction of sp³-hybridized carbons (Fsp3) is 0.294. The molecule has 2 aromatic carbocycles. The monoisotopic (exact) mass is 291 g/mol. The molecule has 1 atom stereocenters. The van der Waals surface area contributed by atoms with E-state index in [1.54, 1.807) is 0 Å². The second-order valence-corrected chi connectivity index (χ2v) is 5.42. The Morgan fingerprint density at radius 3 is 2.33 bits per heavy atom. The van der Waals surface area contributed by atoms with Gasteiger partial charge < -0.3 is 10.8 Å². The summed E-state index contributed by atoms with van der Waals surface area (Å²) >= 11 is 0. The first-order valence-electron chi connectivity index (χ1n) is 6.83. The number of halogens is 2. The molecule has 0 aliphatic heterocycles. The Labute approximate surface area is 123 Å². The van der Waals surface area contributed by atoms with Crippen LogP contribution >= 0.6 is 0 Å². The number of benzene rings is 2. The molecule has 0 saturated heterocycles. The maximum Gasteiger partial charge on any atom is 0.126 e. The SMILES string of the molecule is Cc1ccc(C(CN)(CO)Cc2cc(F)ccc2F)cc1. The summed E-state index contributed by atoms with van der Waals surface area (Å²) in [6, 6.07) is 10.9. The molecule has 21 heavy (non-hydrogen) atoms. The first-order chi connectivity index (χ1) is 10.0. The van der Waals surface area contributed by atoms with E-state index in [1.165, 1.54) is 0 Å². The van der Waals surface area contributed by atoms with E-state index in [-0.39, 0.29) is 25.1 Å². The van der Waals surface area contributed by atoms with Crippen molar-refractivity contribution in [1.82, 2.24) is 0 Å². The third-order valence-electron chi connectivity index (χ3n) is 3.89. The smallest absolute Gasteiger partial charge is 0.126 e. The Bertz CT molecular complexity index is 607. The first kappa shape index (κ1) is 15.6. The van der Waals surface area contributed by atoms with Crippen molar-refractivity contribution in [3.05, 3.63) is 70.8 Å². The lowest BCUT2D eigenvalue weighted by molar-refractivity contribution is 0.195. The lowest BCUT2D eigenvalue weighted by Gasteiger charge is -2.31. The molecule has 2 rings (SSSR count). The van der Waals surface area contributed by atoms with Gasteiger partial charge in [0, 0.05) is 12.0 Å². The van der Waals surface area contributed by atoms with E-state index in [9.17, 15) is 13.9 Å². The third-order valence-corrected chi connectivity index (χ3v) is 3.89. The van der Waals surface area contributed by atoms with Crippen molar-refractivity contribution in [3.63, 3.8) is 0 Å². The summed E-state index contributed by atoms with van der Waals surface area (Å²) in [7, 11) is 0. The van der Waals surface area contributed by atoms with Crippen LogP contribution in [0.2, 0.25) is 0 Å². The van der Waals surface area contributed by atoms with Crippen LogP contribution in [0, 0.1) is 18.6 Å². The predicted octanol–water partition coefficient (Wildman–Crippen LogP) is 2.70. The highest BCUT2D eigenvalue weighted by molar-refractivity contribution is 5.33. The maximum absolute atomic E-state index is 13.9. The number of aliphatic hydroxyl groups excluding tert-OH is 1. The van der Waals surface area contributed by atoms with Gasteiger partial charge in [-0.25, -0.2) is 8.78 Å². The van der Waals surface area contributed by atoms with Crippen LogP contribution in [0.4, 0.5) is 8.78 Å². The number of aliphatic hydroxyl groups is 1. The number of hydrogen-bond donors (Lipinski definition) is 2. The van der Waals surface area contributed by atoms with Gasteiger partial charge in [-0.05, 0) is 42.7 Å². The van der Waals surface area contributed by atoms with Crippen molar-refractivity contribution in [1.29, 1.82) is 0 Å². The van der Waals surface area contributed by atoms with Crippen LogP contribution in [0.3, 0.4) is 0 Å². The molecule has 0 aliphatic carbocycles. The van der Waals surface area contributed by atoms with E-state index in [2.05, 4.69) is 0 Å². The summed E-state index contributed by atoms with van der Waals surface area (Å²) in [6.07, 6.45) is 0.145. The van der Waals surface area contributed by atoms with Gasteiger partial charge in [-0.2, -0.15) is 0 Å². The van der Waals surface area contributed by atoms with Crippen molar-refractivity contribution in [2.24, 2.45) is 5.73 Å². The van der Waals surface area contributed by atoms with E-state index >= 15 is 0 Å². The second-order valence-electron chi connectivity index (χ2n) is 5.42. The van der Waals surface area contributed by atoms with Gasteiger partial charge in [-0.15, -0.1) is 0 Å². The molecule has 1 unspecified atom stereocenters. The number of aryl methyl sites for hydroxylation is 1. The maximum atomic E-state index is 13.9. The van der Waals surface area contributed by atoms with E-state index in [0.29, 0.717) is 0 Å². The van der Waals surface area contributed by atoms with Gasteiger partial charge in [0.05, 0.1) is 6.61 Å². The van der Waals surface area contributed by atoms with Gasteiger partial charge in [0.25, 0.3) is 0 Å². The minimum absolute atomic E-state index is 0.141. The molecule has 3 N–H and O–H groups in total. The summed E-state index contributed by atoms with van der Waals surface area (Å²) in [5, 5.41) is 9.82. The largest absolute Gasteiger partial charge is 0.395 e. The molecular weight excluding hydrogens is 272 g/mol. The van der Waals surface area contributed by atoms with Crippen LogP contribution in [0.15, 0.2) is 42.5 Å². The quantitative estimate of drug-likeness (QED) is 0.889. The molecule has 0 heterocycles. The van der Waals surface area contributed by atoms with Gasteiger partial charge in [-0.1, -0.05) is 29.8 Å². The van der Waals surface area contributed by atoms with Crippen molar-refractivity contribution in [2.75, 3.05) is 13.2 Å². The minimum atomic E-state index is -0.817. The minimum Gasteiger partial charge on any atom is -0.395 e. The topological polar surface area (TPSA) is 46.2 Å². The Hall–Kier alpha value is -1.78. The zero-order valence-corrected chi connectivity index (χ0v) is 11.9. The Morgan fingerprint density at radius 2 is 1.76 bits per heavy atom. The summed E-state index contributed by atoms with van der Waals surface area (Å²) in [5.41, 5.74) is 7.15. The normalized spacial score (nSPS) is 14.0. The Balaban J connectivity index is 2.42. The fourth-order valence-corrected chi connectivity index (χ4v) is 2.45. The van der Waals surface area contributed by atoms with Crippen LogP contribution in [-0.2, 0) is 11.8 Å². The molecule has 0 aromatic heterocycles. The van der Waals surface area contributed by atoms with Crippen LogP contribution in [0.5, 0.6) is 0 Å². The highest BCUT2D eigenvalue weighted by atomic mass is 19.1. The molecule has 0 saturated carbocycles. The van der Waals surface area contributed by atoms with Crippen LogP contribution in [0.25, 0.3) is 0 Å². The van der Waals surface area contributed by atoms with E-state index in [1.807, 2.05) is 31.2 Å². The van der Waals surface area contributed by atoms with Gasteiger partial charge in [-0.3, -0.25) is 0 Å². The van der Waals surface area contributed by atoms with Gasteiger partial charge in [0.2, 0.25) is 0 Å². The van der Waals surface area contributed by atoms with E-state index < -0.39 is 17.0 Å². The van der Waals surface area contributed by atoms with Crippen LogP contribution in [-0.4, -0.2) is 18.3 Å². The van der Waals surface area contributed by atoms with Crippen molar-refractivity contribution >= 4 is 0 Å². The highest BCUT2D eigenvalue weighted by Gasteiger charge is 2.31. The van der Waals surface area contributed by atoms with E-state index in [0.717, 1.165) is 29.3 Å². The Kier molecular flexibility index (Phi) is 4.70. The third kappa shape index (κ3) is 3.28. The van der Waals surface area contributed by atoms with Gasteiger partial charge >= 0.3 is 0 Å². The average molecular weight is 291 g/mol. The zero-order valence-electron chi connectivity index (χ0n) is 11.9. The second kappa shape index (κ2) is 6.33. The van der Waals surface area contributed by atoms with Crippen LogP contribution < -0.4 is 5.73 Å². The Morgan fingerprint density at radius 1 is 1.10 bits per heavy atom. The predicted molar refractivity (Wildman–Crippen MR) is 79.1 cm³/mol. The average Bonchev–Trinajstić information content (AvgIpc) is 2.49. The van der Waals surface area contributed by atoms with Crippen molar-refractivity contribution in [2.45, 2.75) is 18.8 Å². The first-order valence-corrected chi connectivity index (χ1v) is 6.83. The summed E-state index contributed by atoms with van der Waals surface area (Å²) in [5.74, 6) is -0.992. The van der Waals surface area contributed by atoms with Crippen molar-refractivity contribution < 1.29 is 13.9 Å². The highest BCUT2D eigenvalue weighted by Crippen LogP contribution is 2.29. The summed E-state index contributed by atoms with van der Waals surface area (Å²) < 4.78 is 27.2. The molecule has 0 spiro atoms. The number of hydrogen-bond acceptors (Lipinski definition) is 2. The molecule has 0 amide bonds. The standard InChI is InChI=1S/C17H19F2NO/c1-12-2-4-14(5-3-12)17(10-20,11-21)9-13-8-15(18)6-7-16(13)19/h2-8,21H,9-11,20H2,1H3. The van der Waals surface area contributed by atoms with Gasteiger partial charge in [0.15, 0.2) is 0 Å². The molecule has 0 radical (unpaired) electrons. The summed E-state index contributed by atoms with van der Waals surface area (Å²) in [6.45, 7) is 1.87. The molecular formula is C17H19F2NO. The molecule has 0 bridgehead atoms. The molecule has 2 nitrogen and oxygen atoms in total. The molecule has 0 fully saturated rings. The molecule has 112 valence electrons. The molecule has 4 heteroatoms. The number of nitrogens with two attached hydrogens (primary N) is 1. The fourth-order valence-electron chi connectivity index (χ4n) is 2.45. The molecule has 2 aromatic rings. The zero-order chi connectivity index (χ0) is 15.5. The molecule has 0 aliphatic rings. The lowest BCUT2D eigenvalue weighted by Crippen LogP contribution is -2.41. The van der Waals surface area contributed by atoms with Crippen molar-refractivity contribution in [3.8, 4) is 0 Å². The van der Waals surface area contributed by atoms with E-state index in [4.69, 9.17) is 5.73 Å². The summed E-state index contributed by atoms with van der Waals surface area (Å²) in [4.78, 5) is 0. The number of rotatable bonds is 5. The van der Waals surface area contributed by atoms with Gasteiger partial charge in [0.1, 0.15) is 11.6 Å².